The van der Waals surface area contributed by atoms with Crippen LogP contribution in [0.3, 0.4) is 0 Å². The summed E-state index contributed by atoms with van der Waals surface area (Å²) in [6.45, 7) is 4.52. The summed E-state index contributed by atoms with van der Waals surface area (Å²) in [5.74, 6) is 2.49. The molecule has 2 aliphatic rings. The monoisotopic (exact) mass is 139 g/mol. The third-order valence-electron chi connectivity index (χ3n) is 3.69. The van der Waals surface area contributed by atoms with Crippen LogP contribution in [0.25, 0.3) is 0 Å². The summed E-state index contributed by atoms with van der Waals surface area (Å²) in [7, 11) is 0. The topological polar surface area (TPSA) is 26.0 Å². The Hall–Kier alpha value is -0.0400. The van der Waals surface area contributed by atoms with Gasteiger partial charge in [-0.25, -0.2) is 0 Å². The van der Waals surface area contributed by atoms with Gasteiger partial charge in [0, 0.05) is 5.54 Å². The Labute approximate surface area is 63.0 Å². The molecule has 0 heterocycles. The Morgan fingerprint density at radius 2 is 1.80 bits per heavy atom. The second kappa shape index (κ2) is 1.76. The minimum atomic E-state index is 0.262. The quantitative estimate of drug-likeness (QED) is 0.588. The maximum Gasteiger partial charge on any atom is 0.0241 e. The molecule has 2 aliphatic carbocycles. The van der Waals surface area contributed by atoms with Crippen molar-refractivity contribution < 1.29 is 0 Å². The van der Waals surface area contributed by atoms with Gasteiger partial charge in [0.2, 0.25) is 0 Å². The second-order valence-corrected chi connectivity index (χ2v) is 4.30. The number of hydrogen-bond acceptors (Lipinski definition) is 1. The molecular formula is C9H17N. The van der Waals surface area contributed by atoms with Crippen LogP contribution in [0, 0.1) is 17.8 Å². The summed E-state index contributed by atoms with van der Waals surface area (Å²) in [6, 6.07) is 0. The summed E-state index contributed by atoms with van der Waals surface area (Å²) in [5, 5.41) is 0. The number of hydrogen-bond donors (Lipinski definition) is 1. The minimum absolute atomic E-state index is 0.262. The highest BCUT2D eigenvalue weighted by atomic mass is 14.9. The number of nitrogens with two attached hydrogens (primary N) is 1. The van der Waals surface area contributed by atoms with E-state index in [1.165, 1.54) is 19.3 Å². The zero-order valence-corrected chi connectivity index (χ0v) is 6.93. The lowest BCUT2D eigenvalue weighted by atomic mass is 9.94. The highest BCUT2D eigenvalue weighted by Crippen LogP contribution is 2.62. The number of rotatable bonds is 1. The second-order valence-electron chi connectivity index (χ2n) is 4.30. The van der Waals surface area contributed by atoms with Crippen molar-refractivity contribution >= 4 is 0 Å². The molecule has 2 atom stereocenters. The Kier molecular flexibility index (Phi) is 1.17. The van der Waals surface area contributed by atoms with Crippen molar-refractivity contribution in [3.8, 4) is 0 Å². The van der Waals surface area contributed by atoms with E-state index in [1.54, 1.807) is 0 Å². The fraction of sp³-hybridized carbons (Fsp3) is 1.00. The molecule has 0 amide bonds. The maximum absolute atomic E-state index is 6.24. The van der Waals surface area contributed by atoms with Gasteiger partial charge < -0.3 is 5.73 Å². The molecular weight excluding hydrogens is 122 g/mol. The highest BCUT2D eigenvalue weighted by Gasteiger charge is 2.64. The van der Waals surface area contributed by atoms with Crippen molar-refractivity contribution in [2.24, 2.45) is 23.5 Å². The molecule has 1 nitrogen and oxygen atoms in total. The van der Waals surface area contributed by atoms with Gasteiger partial charge in [0.15, 0.2) is 0 Å². The van der Waals surface area contributed by atoms with Crippen molar-refractivity contribution in [3.05, 3.63) is 0 Å². The first-order chi connectivity index (χ1) is 4.67. The predicted octanol–water partition coefficient (Wildman–Crippen LogP) is 1.77. The highest BCUT2D eigenvalue weighted by molar-refractivity contribution is 5.19. The van der Waals surface area contributed by atoms with E-state index in [1.807, 2.05) is 0 Å². The first-order valence-electron chi connectivity index (χ1n) is 4.46. The van der Waals surface area contributed by atoms with Crippen LogP contribution in [0.4, 0.5) is 0 Å². The van der Waals surface area contributed by atoms with E-state index in [2.05, 4.69) is 13.8 Å². The summed E-state index contributed by atoms with van der Waals surface area (Å²) in [4.78, 5) is 0. The molecule has 58 valence electrons. The lowest BCUT2D eigenvalue weighted by molar-refractivity contribution is 0.385. The molecule has 0 aromatic rings. The van der Waals surface area contributed by atoms with Gasteiger partial charge in [0.05, 0.1) is 0 Å². The first-order valence-corrected chi connectivity index (χ1v) is 4.46. The van der Waals surface area contributed by atoms with E-state index in [0.717, 1.165) is 11.8 Å². The lowest BCUT2D eigenvalue weighted by Crippen LogP contribution is -2.34. The van der Waals surface area contributed by atoms with Crippen LogP contribution in [0.15, 0.2) is 0 Å². The molecule has 0 bridgehead atoms. The van der Waals surface area contributed by atoms with E-state index in [9.17, 15) is 0 Å². The van der Waals surface area contributed by atoms with Crippen LogP contribution in [0.5, 0.6) is 0 Å². The van der Waals surface area contributed by atoms with Crippen LogP contribution >= 0.6 is 0 Å². The minimum Gasteiger partial charge on any atom is -0.324 e. The molecule has 2 rings (SSSR count). The summed E-state index contributed by atoms with van der Waals surface area (Å²) < 4.78 is 0. The van der Waals surface area contributed by atoms with Gasteiger partial charge in [-0.1, -0.05) is 20.3 Å². The Morgan fingerprint density at radius 1 is 1.30 bits per heavy atom. The molecule has 0 saturated heterocycles. The van der Waals surface area contributed by atoms with E-state index in [0.29, 0.717) is 5.92 Å². The molecule has 2 N–H and O–H groups in total. The van der Waals surface area contributed by atoms with Crippen molar-refractivity contribution in [2.75, 3.05) is 0 Å². The Morgan fingerprint density at radius 3 is 2.10 bits per heavy atom. The van der Waals surface area contributed by atoms with Gasteiger partial charge in [-0.15, -0.1) is 0 Å². The first kappa shape index (κ1) is 6.66. The zero-order chi connectivity index (χ0) is 7.35. The molecule has 0 aliphatic heterocycles. The van der Waals surface area contributed by atoms with Gasteiger partial charge >= 0.3 is 0 Å². The molecule has 2 saturated carbocycles. The van der Waals surface area contributed by atoms with Gasteiger partial charge in [-0.2, -0.15) is 0 Å². The SMILES string of the molecule is CC(C)C1(N)C2CCCC21. The zero-order valence-electron chi connectivity index (χ0n) is 6.93. The predicted molar refractivity (Wildman–Crippen MR) is 42.6 cm³/mol. The normalized spacial score (nSPS) is 51.6. The molecule has 0 spiro atoms. The fourth-order valence-electron chi connectivity index (χ4n) is 2.90. The van der Waals surface area contributed by atoms with Crippen molar-refractivity contribution in [1.82, 2.24) is 0 Å². The van der Waals surface area contributed by atoms with Gasteiger partial charge in [0.25, 0.3) is 0 Å². The van der Waals surface area contributed by atoms with Crippen molar-refractivity contribution in [3.63, 3.8) is 0 Å². The van der Waals surface area contributed by atoms with Crippen LogP contribution in [0.2, 0.25) is 0 Å². The molecule has 0 radical (unpaired) electrons. The Bertz CT molecular complexity index is 141. The average Bonchev–Trinajstić information content (AvgIpc) is 2.28. The Balaban J connectivity index is 2.09. The van der Waals surface area contributed by atoms with Crippen LogP contribution in [-0.4, -0.2) is 5.54 Å². The third kappa shape index (κ3) is 0.572. The van der Waals surface area contributed by atoms with Gasteiger partial charge in [-0.05, 0) is 30.6 Å². The van der Waals surface area contributed by atoms with Crippen LogP contribution < -0.4 is 5.73 Å². The van der Waals surface area contributed by atoms with Crippen molar-refractivity contribution in [2.45, 2.75) is 38.6 Å². The fourth-order valence-corrected chi connectivity index (χ4v) is 2.90. The molecule has 0 aromatic carbocycles. The van der Waals surface area contributed by atoms with E-state index >= 15 is 0 Å². The van der Waals surface area contributed by atoms with Crippen LogP contribution in [0.1, 0.15) is 33.1 Å². The molecule has 1 heteroatoms. The molecule has 2 fully saturated rings. The smallest absolute Gasteiger partial charge is 0.0241 e. The molecule has 2 unspecified atom stereocenters. The standard InChI is InChI=1S/C9H17N/c1-6(2)9(10)7-4-3-5-8(7)9/h6-8H,3-5,10H2,1-2H3. The summed E-state index contributed by atoms with van der Waals surface area (Å²) in [5.41, 5.74) is 6.50. The summed E-state index contributed by atoms with van der Waals surface area (Å²) in [6.07, 6.45) is 4.24. The largest absolute Gasteiger partial charge is 0.324 e. The molecule has 10 heavy (non-hydrogen) atoms. The van der Waals surface area contributed by atoms with Crippen molar-refractivity contribution in [1.29, 1.82) is 0 Å². The van der Waals surface area contributed by atoms with E-state index < -0.39 is 0 Å². The lowest BCUT2D eigenvalue weighted by Gasteiger charge is -2.19. The third-order valence-corrected chi connectivity index (χ3v) is 3.69. The molecule has 0 aromatic heterocycles. The summed E-state index contributed by atoms with van der Waals surface area (Å²) >= 11 is 0. The average molecular weight is 139 g/mol. The van der Waals surface area contributed by atoms with E-state index in [4.69, 9.17) is 5.73 Å². The maximum atomic E-state index is 6.24. The van der Waals surface area contributed by atoms with Crippen LogP contribution in [-0.2, 0) is 0 Å². The van der Waals surface area contributed by atoms with E-state index in [-0.39, 0.29) is 5.54 Å². The number of fused-ring (bicyclic) bond motifs is 1. The van der Waals surface area contributed by atoms with Gasteiger partial charge in [0.1, 0.15) is 0 Å². The van der Waals surface area contributed by atoms with Gasteiger partial charge in [-0.3, -0.25) is 0 Å².